The van der Waals surface area contributed by atoms with E-state index in [1.807, 2.05) is 10.3 Å². The van der Waals surface area contributed by atoms with E-state index in [0.29, 0.717) is 24.5 Å². The molecule has 2 aromatic rings. The van der Waals surface area contributed by atoms with Crippen molar-refractivity contribution in [3.05, 3.63) is 40.2 Å². The van der Waals surface area contributed by atoms with Crippen LogP contribution in [0, 0.1) is 0 Å². The molecule has 2 aromatic heterocycles. The third kappa shape index (κ3) is 3.87. The van der Waals surface area contributed by atoms with Crippen LogP contribution in [0.3, 0.4) is 0 Å². The lowest BCUT2D eigenvalue weighted by atomic mass is 10.0. The highest BCUT2D eigenvalue weighted by molar-refractivity contribution is 7.09. The number of carbonyl (C=O) groups excluding carboxylic acids is 1. The molecule has 0 saturated carbocycles. The number of rotatable bonds is 6. The van der Waals surface area contributed by atoms with E-state index in [2.05, 4.69) is 18.8 Å². The highest BCUT2D eigenvalue weighted by Crippen LogP contribution is 2.28. The Balaban J connectivity index is 1.60. The fourth-order valence-corrected chi connectivity index (χ4v) is 4.02. The molecule has 6 heteroatoms. The van der Waals surface area contributed by atoms with Gasteiger partial charge in [0.15, 0.2) is 0 Å². The maximum Gasteiger partial charge on any atom is 0.228 e. The molecule has 1 amide bonds. The van der Waals surface area contributed by atoms with Crippen LogP contribution < -0.4 is 0 Å². The Morgan fingerprint density at radius 2 is 2.38 bits per heavy atom. The van der Waals surface area contributed by atoms with Crippen LogP contribution in [-0.2, 0) is 11.2 Å². The van der Waals surface area contributed by atoms with Crippen molar-refractivity contribution in [2.24, 2.45) is 0 Å². The van der Waals surface area contributed by atoms with Gasteiger partial charge in [0.2, 0.25) is 5.91 Å². The van der Waals surface area contributed by atoms with Crippen LogP contribution in [-0.4, -0.2) is 33.5 Å². The van der Waals surface area contributed by atoms with Gasteiger partial charge in [-0.2, -0.15) is 0 Å². The number of aromatic nitrogens is 1. The first kappa shape index (κ1) is 17.2. The first-order valence-corrected chi connectivity index (χ1v) is 9.37. The summed E-state index contributed by atoms with van der Waals surface area (Å²) in [5.74, 6) is 1.06. The zero-order chi connectivity index (χ0) is 17.1. The second-order valence-electron chi connectivity index (χ2n) is 6.66. The van der Waals surface area contributed by atoms with E-state index < -0.39 is 6.10 Å². The number of nitrogens with zero attached hydrogens (tertiary/aromatic N) is 2. The van der Waals surface area contributed by atoms with Gasteiger partial charge in [-0.3, -0.25) is 4.79 Å². The third-order valence-electron chi connectivity index (χ3n) is 4.46. The number of aliphatic hydroxyl groups is 1. The lowest BCUT2D eigenvalue weighted by Gasteiger charge is -2.26. The first-order chi connectivity index (χ1) is 11.5. The Bertz CT molecular complexity index is 666. The highest BCUT2D eigenvalue weighted by atomic mass is 32.1. The Kier molecular flexibility index (Phi) is 5.36. The molecule has 3 rings (SSSR count). The van der Waals surface area contributed by atoms with Crippen LogP contribution in [0.4, 0.5) is 0 Å². The lowest BCUT2D eigenvalue weighted by molar-refractivity contribution is -0.131. The van der Waals surface area contributed by atoms with Gasteiger partial charge < -0.3 is 14.4 Å². The minimum absolute atomic E-state index is 0.0702. The van der Waals surface area contributed by atoms with Crippen molar-refractivity contribution in [1.82, 2.24) is 9.88 Å². The topological polar surface area (TPSA) is 66.6 Å². The fraction of sp³-hybridized carbons (Fsp3) is 0.556. The van der Waals surface area contributed by atoms with Gasteiger partial charge in [0, 0.05) is 30.3 Å². The Hall–Kier alpha value is -1.66. The second kappa shape index (κ2) is 7.49. The molecule has 130 valence electrons. The van der Waals surface area contributed by atoms with Crippen LogP contribution in [0.1, 0.15) is 61.6 Å². The molecule has 1 aliphatic rings. The molecule has 0 radical (unpaired) electrons. The van der Waals surface area contributed by atoms with Gasteiger partial charge in [-0.15, -0.1) is 11.3 Å². The largest absolute Gasteiger partial charge is 0.467 e. The Morgan fingerprint density at radius 3 is 3.04 bits per heavy atom. The molecule has 1 saturated heterocycles. The number of aliphatic hydroxyl groups excluding tert-OH is 1. The molecule has 5 nitrogen and oxygen atoms in total. The average Bonchev–Trinajstić information content (AvgIpc) is 3.28. The number of amides is 1. The number of thiazole rings is 1. The van der Waals surface area contributed by atoms with Gasteiger partial charge in [0.25, 0.3) is 0 Å². The van der Waals surface area contributed by atoms with E-state index in [0.717, 1.165) is 30.1 Å². The van der Waals surface area contributed by atoms with Crippen LogP contribution in [0.25, 0.3) is 0 Å². The van der Waals surface area contributed by atoms with Crippen LogP contribution >= 0.6 is 11.3 Å². The number of furan rings is 1. The molecule has 1 N–H and O–H groups in total. The number of likely N-dealkylation sites (tertiary alicyclic amines) is 1. The van der Waals surface area contributed by atoms with E-state index in [-0.39, 0.29) is 11.9 Å². The lowest BCUT2D eigenvalue weighted by Crippen LogP contribution is -2.37. The van der Waals surface area contributed by atoms with Crippen LogP contribution in [0.15, 0.2) is 28.2 Å². The Labute approximate surface area is 146 Å². The van der Waals surface area contributed by atoms with Crippen LogP contribution in [0.5, 0.6) is 0 Å². The summed E-state index contributed by atoms with van der Waals surface area (Å²) >= 11 is 1.62. The molecule has 0 aromatic carbocycles. The van der Waals surface area contributed by atoms with Gasteiger partial charge in [-0.1, -0.05) is 13.8 Å². The maximum absolute atomic E-state index is 12.7. The summed E-state index contributed by atoms with van der Waals surface area (Å²) in [6, 6.07) is 3.61. The van der Waals surface area contributed by atoms with Gasteiger partial charge in [0.05, 0.1) is 23.4 Å². The van der Waals surface area contributed by atoms with E-state index in [1.165, 1.54) is 0 Å². The third-order valence-corrected chi connectivity index (χ3v) is 5.65. The molecule has 3 heterocycles. The summed E-state index contributed by atoms with van der Waals surface area (Å²) in [6.45, 7) is 4.98. The summed E-state index contributed by atoms with van der Waals surface area (Å²) in [5, 5.41) is 13.3. The fourth-order valence-electron chi connectivity index (χ4n) is 3.19. The second-order valence-corrected chi connectivity index (χ2v) is 7.55. The summed E-state index contributed by atoms with van der Waals surface area (Å²) < 4.78 is 5.26. The molecule has 0 bridgehead atoms. The highest BCUT2D eigenvalue weighted by Gasteiger charge is 2.31. The Morgan fingerprint density at radius 1 is 1.54 bits per heavy atom. The quantitative estimate of drug-likeness (QED) is 0.867. The van der Waals surface area contributed by atoms with Crippen molar-refractivity contribution < 1.29 is 14.3 Å². The molecule has 1 fully saturated rings. The van der Waals surface area contributed by atoms with Gasteiger partial charge in [-0.25, -0.2) is 4.98 Å². The number of carbonyl (C=O) groups is 1. The van der Waals surface area contributed by atoms with Gasteiger partial charge >= 0.3 is 0 Å². The predicted octanol–water partition coefficient (Wildman–Crippen LogP) is 3.52. The van der Waals surface area contributed by atoms with Crippen molar-refractivity contribution in [3.63, 3.8) is 0 Å². The molecular weight excluding hydrogens is 324 g/mol. The zero-order valence-electron chi connectivity index (χ0n) is 14.1. The van der Waals surface area contributed by atoms with Crippen molar-refractivity contribution in [1.29, 1.82) is 0 Å². The molecular formula is C18H24N2O3S. The van der Waals surface area contributed by atoms with Gasteiger partial charge in [-0.05, 0) is 25.0 Å². The molecule has 2 unspecified atom stereocenters. The van der Waals surface area contributed by atoms with Crippen molar-refractivity contribution in [2.75, 3.05) is 6.54 Å². The number of hydrogen-bond acceptors (Lipinski definition) is 5. The minimum atomic E-state index is -0.662. The van der Waals surface area contributed by atoms with Crippen molar-refractivity contribution in [2.45, 2.75) is 57.6 Å². The normalized spacial score (nSPS) is 19.2. The molecule has 24 heavy (non-hydrogen) atoms. The summed E-state index contributed by atoms with van der Waals surface area (Å²) in [4.78, 5) is 19.1. The van der Waals surface area contributed by atoms with Gasteiger partial charge in [0.1, 0.15) is 11.9 Å². The van der Waals surface area contributed by atoms with E-state index in [1.54, 1.807) is 29.7 Å². The summed E-state index contributed by atoms with van der Waals surface area (Å²) in [7, 11) is 0. The number of hydrogen-bond donors (Lipinski definition) is 1. The monoisotopic (exact) mass is 348 g/mol. The first-order valence-electron chi connectivity index (χ1n) is 8.50. The van der Waals surface area contributed by atoms with E-state index >= 15 is 0 Å². The van der Waals surface area contributed by atoms with Crippen molar-refractivity contribution >= 4 is 17.2 Å². The smallest absolute Gasteiger partial charge is 0.228 e. The zero-order valence-corrected chi connectivity index (χ0v) is 15.0. The summed E-state index contributed by atoms with van der Waals surface area (Å²) in [5.41, 5.74) is 0.853. The maximum atomic E-state index is 12.7. The van der Waals surface area contributed by atoms with Crippen LogP contribution in [0.2, 0.25) is 0 Å². The predicted molar refractivity (Wildman–Crippen MR) is 92.9 cm³/mol. The average molecular weight is 348 g/mol. The van der Waals surface area contributed by atoms with Crippen molar-refractivity contribution in [3.8, 4) is 0 Å². The molecule has 0 aliphatic carbocycles. The minimum Gasteiger partial charge on any atom is -0.467 e. The molecule has 1 aliphatic heterocycles. The standard InChI is InChI=1S/C18H24N2O3S/c1-12(2)18-19-13(11-24-18)9-17(22)20-7-3-5-14(20)10-15(21)16-6-4-8-23-16/h4,6,8,11-12,14-15,21H,3,5,7,9-10H2,1-2H3. The van der Waals surface area contributed by atoms with E-state index in [9.17, 15) is 9.90 Å². The SMILES string of the molecule is CC(C)c1nc(CC(=O)N2CCCC2CC(O)c2ccco2)cs1. The molecule has 0 spiro atoms. The van der Waals surface area contributed by atoms with E-state index in [4.69, 9.17) is 4.42 Å². The molecule has 2 atom stereocenters. The summed E-state index contributed by atoms with van der Waals surface area (Å²) in [6.07, 6.45) is 3.67.